The van der Waals surface area contributed by atoms with Crippen molar-refractivity contribution < 1.29 is 4.52 Å². The van der Waals surface area contributed by atoms with Crippen LogP contribution in [0.15, 0.2) is 22.9 Å². The van der Waals surface area contributed by atoms with Crippen molar-refractivity contribution >= 4 is 5.95 Å². The van der Waals surface area contributed by atoms with E-state index in [1.165, 1.54) is 0 Å². The smallest absolute Gasteiger partial charge is 0.266 e. The maximum absolute atomic E-state index is 8.80. The fraction of sp³-hybridized carbons (Fsp3) is 0.333. The third kappa shape index (κ3) is 1.91. The summed E-state index contributed by atoms with van der Waals surface area (Å²) in [6.07, 6.45) is 3.89. The third-order valence-corrected chi connectivity index (χ3v) is 2.93. The van der Waals surface area contributed by atoms with Gasteiger partial charge in [-0.2, -0.15) is 10.2 Å². The largest absolute Gasteiger partial charge is 0.338 e. The van der Waals surface area contributed by atoms with Gasteiger partial charge in [0.2, 0.25) is 0 Å². The second-order valence-corrected chi connectivity index (χ2v) is 4.14. The molecule has 0 saturated carbocycles. The second kappa shape index (κ2) is 4.45. The maximum Gasteiger partial charge on any atom is 0.266 e. The molecule has 0 N–H and O–H groups in total. The van der Waals surface area contributed by atoms with E-state index < -0.39 is 0 Å². The minimum Gasteiger partial charge on any atom is -0.338 e. The number of anilines is 1. The van der Waals surface area contributed by atoms with E-state index in [2.05, 4.69) is 20.0 Å². The minimum atomic E-state index is 0.341. The van der Waals surface area contributed by atoms with Crippen LogP contribution in [-0.4, -0.2) is 28.2 Å². The SMILES string of the molecule is N#Cc1cc(-c2nc(N3CCCC3)no2)ccn1. The van der Waals surface area contributed by atoms with Crippen molar-refractivity contribution in [1.82, 2.24) is 15.1 Å². The minimum absolute atomic E-state index is 0.341. The van der Waals surface area contributed by atoms with Crippen molar-refractivity contribution in [1.29, 1.82) is 5.26 Å². The van der Waals surface area contributed by atoms with Crippen LogP contribution in [0.3, 0.4) is 0 Å². The first-order chi connectivity index (χ1) is 8.86. The van der Waals surface area contributed by atoms with E-state index in [1.54, 1.807) is 18.3 Å². The zero-order valence-electron chi connectivity index (χ0n) is 9.70. The zero-order chi connectivity index (χ0) is 12.4. The molecule has 1 aliphatic heterocycles. The first-order valence-electron chi connectivity index (χ1n) is 5.82. The molecule has 2 aromatic rings. The van der Waals surface area contributed by atoms with Crippen LogP contribution in [0.2, 0.25) is 0 Å². The molecule has 0 unspecified atom stereocenters. The highest BCUT2D eigenvalue weighted by Gasteiger charge is 2.18. The van der Waals surface area contributed by atoms with Gasteiger partial charge in [0.15, 0.2) is 0 Å². The van der Waals surface area contributed by atoms with Crippen molar-refractivity contribution in [2.75, 3.05) is 18.0 Å². The van der Waals surface area contributed by atoms with Crippen molar-refractivity contribution in [2.24, 2.45) is 0 Å². The molecule has 6 heteroatoms. The molecule has 0 spiro atoms. The molecule has 18 heavy (non-hydrogen) atoms. The summed E-state index contributed by atoms with van der Waals surface area (Å²) in [6, 6.07) is 5.38. The molecule has 0 amide bonds. The Morgan fingerprint density at radius 2 is 2.17 bits per heavy atom. The molecule has 0 aliphatic carbocycles. The average Bonchev–Trinajstić information content (AvgIpc) is 3.09. The molecular weight excluding hydrogens is 230 g/mol. The Kier molecular flexibility index (Phi) is 2.65. The lowest BCUT2D eigenvalue weighted by atomic mass is 10.2. The Hall–Kier alpha value is -2.42. The Morgan fingerprint density at radius 1 is 1.33 bits per heavy atom. The standard InChI is InChI=1S/C12H11N5O/c13-8-10-7-9(3-4-14-10)11-15-12(16-18-11)17-5-1-2-6-17/h3-4,7H,1-2,5-6H2. The lowest BCUT2D eigenvalue weighted by Gasteiger charge is -2.09. The molecule has 3 heterocycles. The van der Waals surface area contributed by atoms with Gasteiger partial charge in [0.25, 0.3) is 11.8 Å². The van der Waals surface area contributed by atoms with Gasteiger partial charge in [-0.3, -0.25) is 0 Å². The Bertz CT molecular complexity index is 595. The number of nitrogens with zero attached hydrogens (tertiary/aromatic N) is 5. The monoisotopic (exact) mass is 241 g/mol. The lowest BCUT2D eigenvalue weighted by molar-refractivity contribution is 0.430. The molecule has 90 valence electrons. The van der Waals surface area contributed by atoms with Gasteiger partial charge in [0, 0.05) is 24.8 Å². The van der Waals surface area contributed by atoms with Gasteiger partial charge in [0.05, 0.1) is 0 Å². The highest BCUT2D eigenvalue weighted by atomic mass is 16.5. The van der Waals surface area contributed by atoms with Crippen LogP contribution >= 0.6 is 0 Å². The van der Waals surface area contributed by atoms with Gasteiger partial charge in [0.1, 0.15) is 11.8 Å². The summed E-state index contributed by atoms with van der Waals surface area (Å²) in [5, 5.41) is 12.8. The summed E-state index contributed by atoms with van der Waals surface area (Å²) < 4.78 is 5.22. The zero-order valence-corrected chi connectivity index (χ0v) is 9.70. The number of hydrogen-bond donors (Lipinski definition) is 0. The summed E-state index contributed by atoms with van der Waals surface area (Å²) in [7, 11) is 0. The van der Waals surface area contributed by atoms with Gasteiger partial charge >= 0.3 is 0 Å². The highest BCUT2D eigenvalue weighted by molar-refractivity contribution is 5.55. The van der Waals surface area contributed by atoms with E-state index in [1.807, 2.05) is 6.07 Å². The van der Waals surface area contributed by atoms with Gasteiger partial charge < -0.3 is 9.42 Å². The molecule has 1 aliphatic rings. The van der Waals surface area contributed by atoms with Gasteiger partial charge in [-0.1, -0.05) is 0 Å². The Labute approximate surface area is 104 Å². The lowest BCUT2D eigenvalue weighted by Crippen LogP contribution is -2.18. The number of nitriles is 1. The second-order valence-electron chi connectivity index (χ2n) is 4.14. The van der Waals surface area contributed by atoms with Crippen molar-refractivity contribution in [3.05, 3.63) is 24.0 Å². The van der Waals surface area contributed by atoms with Gasteiger partial charge in [-0.25, -0.2) is 4.98 Å². The molecule has 0 radical (unpaired) electrons. The fourth-order valence-corrected chi connectivity index (χ4v) is 2.00. The predicted octanol–water partition coefficient (Wildman–Crippen LogP) is 1.60. The molecular formula is C12H11N5O. The van der Waals surface area contributed by atoms with E-state index >= 15 is 0 Å². The number of hydrogen-bond acceptors (Lipinski definition) is 6. The van der Waals surface area contributed by atoms with E-state index in [-0.39, 0.29) is 0 Å². The van der Waals surface area contributed by atoms with E-state index in [0.717, 1.165) is 31.5 Å². The molecule has 2 aromatic heterocycles. The summed E-state index contributed by atoms with van der Waals surface area (Å²) in [6.45, 7) is 1.94. The highest BCUT2D eigenvalue weighted by Crippen LogP contribution is 2.22. The summed E-state index contributed by atoms with van der Waals surface area (Å²) in [5.74, 6) is 1.05. The van der Waals surface area contributed by atoms with Crippen LogP contribution in [0.1, 0.15) is 18.5 Å². The van der Waals surface area contributed by atoms with Gasteiger partial charge in [-0.05, 0) is 30.1 Å². The first kappa shape index (κ1) is 10.7. The molecule has 3 rings (SSSR count). The van der Waals surface area contributed by atoms with Crippen molar-refractivity contribution in [3.8, 4) is 17.5 Å². The Balaban J connectivity index is 1.90. The molecule has 0 bridgehead atoms. The van der Waals surface area contributed by atoms with E-state index in [4.69, 9.17) is 9.78 Å². The van der Waals surface area contributed by atoms with Crippen LogP contribution in [-0.2, 0) is 0 Å². The van der Waals surface area contributed by atoms with Gasteiger partial charge in [-0.15, -0.1) is 0 Å². The van der Waals surface area contributed by atoms with Crippen LogP contribution in [0.4, 0.5) is 5.95 Å². The first-order valence-corrected chi connectivity index (χ1v) is 5.82. The van der Waals surface area contributed by atoms with E-state index in [9.17, 15) is 0 Å². The van der Waals surface area contributed by atoms with E-state index in [0.29, 0.717) is 17.5 Å². The fourth-order valence-electron chi connectivity index (χ4n) is 2.00. The summed E-state index contributed by atoms with van der Waals surface area (Å²) in [4.78, 5) is 10.4. The molecule has 6 nitrogen and oxygen atoms in total. The van der Waals surface area contributed by atoms with Crippen molar-refractivity contribution in [2.45, 2.75) is 12.8 Å². The quantitative estimate of drug-likeness (QED) is 0.794. The summed E-state index contributed by atoms with van der Waals surface area (Å²) in [5.41, 5.74) is 1.06. The van der Waals surface area contributed by atoms with Crippen LogP contribution in [0.25, 0.3) is 11.5 Å². The molecule has 1 fully saturated rings. The predicted molar refractivity (Wildman–Crippen MR) is 63.7 cm³/mol. The van der Waals surface area contributed by atoms with Crippen LogP contribution < -0.4 is 4.90 Å². The normalized spacial score (nSPS) is 14.7. The molecule has 1 saturated heterocycles. The third-order valence-electron chi connectivity index (χ3n) is 2.93. The van der Waals surface area contributed by atoms with Crippen LogP contribution in [0.5, 0.6) is 0 Å². The topological polar surface area (TPSA) is 78.8 Å². The summed E-state index contributed by atoms with van der Waals surface area (Å²) >= 11 is 0. The number of aromatic nitrogens is 3. The number of pyridine rings is 1. The average molecular weight is 241 g/mol. The Morgan fingerprint density at radius 3 is 2.94 bits per heavy atom. The van der Waals surface area contributed by atoms with Crippen LogP contribution in [0, 0.1) is 11.3 Å². The van der Waals surface area contributed by atoms with Crippen molar-refractivity contribution in [3.63, 3.8) is 0 Å². The number of rotatable bonds is 2. The molecule has 0 aromatic carbocycles. The molecule has 0 atom stereocenters. The maximum atomic E-state index is 8.80.